The third kappa shape index (κ3) is 7.02. The normalized spacial score (nSPS) is 12.5. The van der Waals surface area contributed by atoms with Gasteiger partial charge in [0.1, 0.15) is 0 Å². The Hall–Kier alpha value is 0.350. The SMILES string of the molecule is CSC(C)(C)CCCCC(C)C. The van der Waals surface area contributed by atoms with Crippen molar-refractivity contribution in [2.45, 2.75) is 58.1 Å². The second kappa shape index (κ2) is 5.90. The summed E-state index contributed by atoms with van der Waals surface area (Å²) in [5.74, 6) is 0.877. The van der Waals surface area contributed by atoms with Gasteiger partial charge < -0.3 is 0 Å². The van der Waals surface area contributed by atoms with Crippen molar-refractivity contribution in [2.24, 2.45) is 5.92 Å². The lowest BCUT2D eigenvalue weighted by molar-refractivity contribution is 0.501. The Morgan fingerprint density at radius 3 is 2.17 bits per heavy atom. The van der Waals surface area contributed by atoms with Crippen LogP contribution in [0, 0.1) is 5.92 Å². The third-order valence-corrected chi connectivity index (χ3v) is 3.67. The van der Waals surface area contributed by atoms with Crippen molar-refractivity contribution in [1.29, 1.82) is 0 Å². The topological polar surface area (TPSA) is 0 Å². The molecule has 0 rings (SSSR count). The van der Waals surface area contributed by atoms with Gasteiger partial charge in [0.15, 0.2) is 0 Å². The second-order valence-electron chi connectivity index (χ2n) is 4.60. The van der Waals surface area contributed by atoms with E-state index in [2.05, 4.69) is 34.0 Å². The van der Waals surface area contributed by atoms with Gasteiger partial charge in [0.2, 0.25) is 0 Å². The highest BCUT2D eigenvalue weighted by Crippen LogP contribution is 2.27. The Kier molecular flexibility index (Phi) is 6.08. The van der Waals surface area contributed by atoms with E-state index in [0.29, 0.717) is 4.75 Å². The summed E-state index contributed by atoms with van der Waals surface area (Å²) >= 11 is 1.99. The molecule has 0 aromatic carbocycles. The predicted octanol–water partition coefficient (Wildman–Crippen LogP) is 4.34. The van der Waals surface area contributed by atoms with Crippen LogP contribution in [0.25, 0.3) is 0 Å². The third-order valence-electron chi connectivity index (χ3n) is 2.36. The number of thioether (sulfide) groups is 1. The molecule has 0 fully saturated rings. The number of hydrogen-bond acceptors (Lipinski definition) is 1. The van der Waals surface area contributed by atoms with Crippen molar-refractivity contribution >= 4 is 11.8 Å². The van der Waals surface area contributed by atoms with E-state index in [1.54, 1.807) is 0 Å². The standard InChI is InChI=1S/C11H24S/c1-10(2)8-6-7-9-11(3,4)12-5/h10H,6-9H2,1-5H3. The van der Waals surface area contributed by atoms with Crippen LogP contribution in [0.2, 0.25) is 0 Å². The first kappa shape index (κ1) is 12.3. The van der Waals surface area contributed by atoms with Gasteiger partial charge in [-0.05, 0) is 18.6 Å². The minimum absolute atomic E-state index is 0.497. The van der Waals surface area contributed by atoms with Gasteiger partial charge in [0, 0.05) is 4.75 Å². The van der Waals surface area contributed by atoms with E-state index < -0.39 is 0 Å². The molecule has 0 nitrogen and oxygen atoms in total. The molecule has 0 aliphatic heterocycles. The fraction of sp³-hybridized carbons (Fsp3) is 1.00. The van der Waals surface area contributed by atoms with Crippen LogP contribution < -0.4 is 0 Å². The minimum atomic E-state index is 0.497. The molecule has 0 amide bonds. The smallest absolute Gasteiger partial charge is 0.0100 e. The van der Waals surface area contributed by atoms with Crippen molar-refractivity contribution in [1.82, 2.24) is 0 Å². The molecule has 0 aromatic rings. The van der Waals surface area contributed by atoms with E-state index in [9.17, 15) is 0 Å². The van der Waals surface area contributed by atoms with Crippen LogP contribution in [0.1, 0.15) is 53.4 Å². The zero-order chi connectivity index (χ0) is 9.61. The molecule has 1 heteroatoms. The molecule has 0 aliphatic carbocycles. The van der Waals surface area contributed by atoms with E-state index in [0.717, 1.165) is 5.92 Å². The Morgan fingerprint density at radius 1 is 1.17 bits per heavy atom. The van der Waals surface area contributed by atoms with Gasteiger partial charge in [-0.1, -0.05) is 47.0 Å². The van der Waals surface area contributed by atoms with E-state index in [1.807, 2.05) is 11.8 Å². The summed E-state index contributed by atoms with van der Waals surface area (Å²) in [6, 6.07) is 0. The maximum Gasteiger partial charge on any atom is 0.0100 e. The quantitative estimate of drug-likeness (QED) is 0.559. The van der Waals surface area contributed by atoms with Gasteiger partial charge in [0.05, 0.1) is 0 Å². The first-order chi connectivity index (χ1) is 5.48. The van der Waals surface area contributed by atoms with Crippen molar-refractivity contribution in [3.8, 4) is 0 Å². The molecule has 0 unspecified atom stereocenters. The zero-order valence-electron chi connectivity index (χ0n) is 9.31. The Balaban J connectivity index is 3.31. The first-order valence-electron chi connectivity index (χ1n) is 5.03. The molecule has 0 spiro atoms. The van der Waals surface area contributed by atoms with Crippen LogP contribution in [0.4, 0.5) is 0 Å². The number of unbranched alkanes of at least 4 members (excludes halogenated alkanes) is 1. The summed E-state index contributed by atoms with van der Waals surface area (Å²) in [6.07, 6.45) is 7.77. The van der Waals surface area contributed by atoms with Gasteiger partial charge in [-0.2, -0.15) is 11.8 Å². The summed E-state index contributed by atoms with van der Waals surface area (Å²) in [6.45, 7) is 9.29. The predicted molar refractivity (Wildman–Crippen MR) is 60.9 cm³/mol. The van der Waals surface area contributed by atoms with Crippen molar-refractivity contribution in [3.05, 3.63) is 0 Å². The van der Waals surface area contributed by atoms with Crippen LogP contribution in [-0.4, -0.2) is 11.0 Å². The molecule has 0 radical (unpaired) electrons. The Labute approximate surface area is 82.5 Å². The summed E-state index contributed by atoms with van der Waals surface area (Å²) in [7, 11) is 0. The highest BCUT2D eigenvalue weighted by molar-refractivity contribution is 7.99. The molecule has 0 saturated carbocycles. The van der Waals surface area contributed by atoms with Gasteiger partial charge >= 0.3 is 0 Å². The summed E-state index contributed by atoms with van der Waals surface area (Å²) in [5, 5.41) is 0. The summed E-state index contributed by atoms with van der Waals surface area (Å²) in [5.41, 5.74) is 0. The van der Waals surface area contributed by atoms with Gasteiger partial charge in [-0.3, -0.25) is 0 Å². The van der Waals surface area contributed by atoms with Crippen LogP contribution in [0.15, 0.2) is 0 Å². The van der Waals surface area contributed by atoms with Gasteiger partial charge in [-0.15, -0.1) is 0 Å². The molecular weight excluding hydrogens is 164 g/mol. The lowest BCUT2D eigenvalue weighted by Gasteiger charge is -2.21. The van der Waals surface area contributed by atoms with Crippen LogP contribution >= 0.6 is 11.8 Å². The Bertz CT molecular complexity index is 106. The molecule has 0 heterocycles. The second-order valence-corrected chi connectivity index (χ2v) is 6.12. The largest absolute Gasteiger partial charge is 0.159 e. The van der Waals surface area contributed by atoms with E-state index >= 15 is 0 Å². The van der Waals surface area contributed by atoms with E-state index in [4.69, 9.17) is 0 Å². The van der Waals surface area contributed by atoms with E-state index in [-0.39, 0.29) is 0 Å². The molecule has 0 saturated heterocycles. The maximum absolute atomic E-state index is 2.34. The molecule has 74 valence electrons. The number of rotatable bonds is 6. The maximum atomic E-state index is 2.34. The summed E-state index contributed by atoms with van der Waals surface area (Å²) < 4.78 is 0.497. The van der Waals surface area contributed by atoms with Crippen LogP contribution in [-0.2, 0) is 0 Å². The van der Waals surface area contributed by atoms with E-state index in [1.165, 1.54) is 25.7 Å². The minimum Gasteiger partial charge on any atom is -0.159 e. The van der Waals surface area contributed by atoms with Gasteiger partial charge in [-0.25, -0.2) is 0 Å². The number of hydrogen-bond donors (Lipinski definition) is 0. The highest BCUT2D eigenvalue weighted by atomic mass is 32.2. The fourth-order valence-corrected chi connectivity index (χ4v) is 1.55. The Morgan fingerprint density at radius 2 is 1.75 bits per heavy atom. The van der Waals surface area contributed by atoms with Crippen LogP contribution in [0.5, 0.6) is 0 Å². The fourth-order valence-electron chi connectivity index (χ4n) is 1.21. The lowest BCUT2D eigenvalue weighted by atomic mass is 10.0. The lowest BCUT2D eigenvalue weighted by Crippen LogP contribution is -2.13. The summed E-state index contributed by atoms with van der Waals surface area (Å²) in [4.78, 5) is 0. The average Bonchev–Trinajstić information content (AvgIpc) is 1.98. The van der Waals surface area contributed by atoms with Crippen molar-refractivity contribution in [3.63, 3.8) is 0 Å². The molecule has 0 atom stereocenters. The molecule has 0 bridgehead atoms. The monoisotopic (exact) mass is 188 g/mol. The molecule has 12 heavy (non-hydrogen) atoms. The van der Waals surface area contributed by atoms with Gasteiger partial charge in [0.25, 0.3) is 0 Å². The van der Waals surface area contributed by atoms with Crippen molar-refractivity contribution in [2.75, 3.05) is 6.26 Å². The van der Waals surface area contributed by atoms with Crippen molar-refractivity contribution < 1.29 is 0 Å². The van der Waals surface area contributed by atoms with Crippen LogP contribution in [0.3, 0.4) is 0 Å². The highest BCUT2D eigenvalue weighted by Gasteiger charge is 2.14. The molecule has 0 aromatic heterocycles. The average molecular weight is 188 g/mol. The molecule has 0 N–H and O–H groups in total. The molecular formula is C11H24S. The zero-order valence-corrected chi connectivity index (χ0v) is 10.1. The molecule has 0 aliphatic rings. The first-order valence-corrected chi connectivity index (χ1v) is 6.25.